The Morgan fingerprint density at radius 1 is 0.429 bits per heavy atom. The van der Waals surface area contributed by atoms with Crippen molar-refractivity contribution in [2.24, 2.45) is 0 Å². The molecule has 0 radical (unpaired) electrons. The van der Waals surface area contributed by atoms with Gasteiger partial charge in [-0.3, -0.25) is 0 Å². The number of aromatic nitrogens is 1. The van der Waals surface area contributed by atoms with Crippen molar-refractivity contribution in [1.82, 2.24) is 4.57 Å². The van der Waals surface area contributed by atoms with E-state index in [0.717, 1.165) is 55.8 Å². The van der Waals surface area contributed by atoms with E-state index in [9.17, 15) is 0 Å². The van der Waals surface area contributed by atoms with E-state index in [-0.39, 0.29) is 0 Å². The van der Waals surface area contributed by atoms with Gasteiger partial charge in [-0.2, -0.15) is 0 Å². The molecular formula is C46H30N2O. The van der Waals surface area contributed by atoms with Gasteiger partial charge in [0, 0.05) is 38.5 Å². The molecule has 3 heteroatoms. The number of hydrogen-bond acceptors (Lipinski definition) is 2. The van der Waals surface area contributed by atoms with Crippen LogP contribution in [0, 0.1) is 0 Å². The van der Waals surface area contributed by atoms with E-state index in [2.05, 4.69) is 191 Å². The topological polar surface area (TPSA) is 21.3 Å². The van der Waals surface area contributed by atoms with Crippen LogP contribution < -0.4 is 4.90 Å². The SMILES string of the molecule is c1ccc(-c2ccccc2N(c2ccc3oc4cc5ccccc5cc4c3c2)c2cccc3c4ccccc4n(-c4ccccc4)c23)cc1. The maximum atomic E-state index is 6.46. The van der Waals surface area contributed by atoms with Gasteiger partial charge in [0.15, 0.2) is 0 Å². The van der Waals surface area contributed by atoms with E-state index in [1.807, 2.05) is 0 Å². The first kappa shape index (κ1) is 27.5. The van der Waals surface area contributed by atoms with Gasteiger partial charge in [-0.15, -0.1) is 0 Å². The fraction of sp³-hybridized carbons (Fsp3) is 0. The highest BCUT2D eigenvalue weighted by atomic mass is 16.3. The molecule has 10 aromatic rings. The molecule has 0 spiro atoms. The van der Waals surface area contributed by atoms with E-state index in [1.54, 1.807) is 0 Å². The molecule has 49 heavy (non-hydrogen) atoms. The first-order chi connectivity index (χ1) is 24.3. The molecule has 0 amide bonds. The minimum absolute atomic E-state index is 0.877. The van der Waals surface area contributed by atoms with Crippen LogP contribution in [0.5, 0.6) is 0 Å². The van der Waals surface area contributed by atoms with Crippen molar-refractivity contribution in [3.63, 3.8) is 0 Å². The average molecular weight is 627 g/mol. The molecule has 0 bridgehead atoms. The zero-order valence-corrected chi connectivity index (χ0v) is 26.6. The largest absolute Gasteiger partial charge is 0.456 e. The summed E-state index contributed by atoms with van der Waals surface area (Å²) in [5, 5.41) is 7.02. The standard InChI is InChI=1S/C46H30N2O/c1-3-14-31(15-4-1)36-20-9-11-23-41(36)47(35-26-27-44-40(30-35)39-28-32-16-7-8-17-33(32)29-45(39)49-44)43-25-13-22-38-37-21-10-12-24-42(37)48(46(38)43)34-18-5-2-6-19-34/h1-30H. The van der Waals surface area contributed by atoms with Crippen LogP contribution >= 0.6 is 0 Å². The monoisotopic (exact) mass is 626 g/mol. The van der Waals surface area contributed by atoms with Gasteiger partial charge in [0.2, 0.25) is 0 Å². The van der Waals surface area contributed by atoms with E-state index in [0.29, 0.717) is 0 Å². The number of fused-ring (bicyclic) bond motifs is 7. The van der Waals surface area contributed by atoms with Crippen LogP contribution in [0.4, 0.5) is 17.1 Å². The van der Waals surface area contributed by atoms with Gasteiger partial charge in [-0.25, -0.2) is 0 Å². The number of rotatable bonds is 5. The summed E-state index contributed by atoms with van der Waals surface area (Å²) in [6, 6.07) is 65.0. The molecule has 8 aromatic carbocycles. The Morgan fingerprint density at radius 3 is 1.94 bits per heavy atom. The van der Waals surface area contributed by atoms with Crippen LogP contribution in [0.15, 0.2) is 186 Å². The summed E-state index contributed by atoms with van der Waals surface area (Å²) in [4.78, 5) is 2.43. The maximum absolute atomic E-state index is 6.46. The maximum Gasteiger partial charge on any atom is 0.136 e. The summed E-state index contributed by atoms with van der Waals surface area (Å²) in [7, 11) is 0. The van der Waals surface area contributed by atoms with Crippen molar-refractivity contribution in [3.05, 3.63) is 182 Å². The summed E-state index contributed by atoms with van der Waals surface area (Å²) < 4.78 is 8.88. The van der Waals surface area contributed by atoms with Crippen molar-refractivity contribution in [2.45, 2.75) is 0 Å². The molecule has 0 aliphatic carbocycles. The summed E-state index contributed by atoms with van der Waals surface area (Å²) in [6.07, 6.45) is 0. The van der Waals surface area contributed by atoms with Crippen molar-refractivity contribution < 1.29 is 4.42 Å². The fourth-order valence-electron chi connectivity index (χ4n) is 7.55. The number of hydrogen-bond donors (Lipinski definition) is 0. The van der Waals surface area contributed by atoms with E-state index < -0.39 is 0 Å². The summed E-state index contributed by atoms with van der Waals surface area (Å²) in [5.74, 6) is 0. The Balaban J connectivity index is 1.32. The second-order valence-electron chi connectivity index (χ2n) is 12.6. The molecule has 0 aliphatic rings. The third-order valence-electron chi connectivity index (χ3n) is 9.74. The first-order valence-corrected chi connectivity index (χ1v) is 16.7. The summed E-state index contributed by atoms with van der Waals surface area (Å²) >= 11 is 0. The molecule has 0 saturated heterocycles. The third kappa shape index (κ3) is 4.37. The predicted molar refractivity (Wildman–Crippen MR) is 206 cm³/mol. The molecule has 0 saturated carbocycles. The predicted octanol–water partition coefficient (Wildman–Crippen LogP) is 13.0. The number of anilines is 3. The molecule has 0 atom stereocenters. The molecule has 3 nitrogen and oxygen atoms in total. The molecule has 2 heterocycles. The van der Waals surface area contributed by atoms with E-state index >= 15 is 0 Å². The van der Waals surface area contributed by atoms with Gasteiger partial charge in [-0.1, -0.05) is 121 Å². The fourth-order valence-corrected chi connectivity index (χ4v) is 7.55. The Morgan fingerprint density at radius 2 is 1.08 bits per heavy atom. The minimum atomic E-state index is 0.877. The lowest BCUT2D eigenvalue weighted by molar-refractivity contribution is 0.669. The molecule has 10 rings (SSSR count). The average Bonchev–Trinajstić information content (AvgIpc) is 3.70. The number of benzene rings is 8. The molecule has 0 fully saturated rings. The van der Waals surface area contributed by atoms with Crippen LogP contribution in [-0.2, 0) is 0 Å². The first-order valence-electron chi connectivity index (χ1n) is 16.7. The van der Waals surface area contributed by atoms with Crippen molar-refractivity contribution in [3.8, 4) is 16.8 Å². The Kier molecular flexibility index (Phi) is 6.18. The van der Waals surface area contributed by atoms with Crippen molar-refractivity contribution in [2.75, 3.05) is 4.90 Å². The van der Waals surface area contributed by atoms with E-state index in [1.165, 1.54) is 32.6 Å². The number of para-hydroxylation sites is 4. The molecule has 230 valence electrons. The molecular weight excluding hydrogens is 597 g/mol. The van der Waals surface area contributed by atoms with Gasteiger partial charge < -0.3 is 13.9 Å². The molecule has 0 unspecified atom stereocenters. The van der Waals surface area contributed by atoms with Crippen LogP contribution in [0.3, 0.4) is 0 Å². The second kappa shape index (κ2) is 11.0. The van der Waals surface area contributed by atoms with Gasteiger partial charge in [-0.05, 0) is 77.0 Å². The molecule has 0 N–H and O–H groups in total. The van der Waals surface area contributed by atoms with Crippen LogP contribution in [0.2, 0.25) is 0 Å². The van der Waals surface area contributed by atoms with Gasteiger partial charge in [0.05, 0.1) is 22.4 Å². The van der Waals surface area contributed by atoms with Gasteiger partial charge in [0.25, 0.3) is 0 Å². The lowest BCUT2D eigenvalue weighted by atomic mass is 10.0. The van der Waals surface area contributed by atoms with Crippen molar-refractivity contribution in [1.29, 1.82) is 0 Å². The highest BCUT2D eigenvalue weighted by Gasteiger charge is 2.24. The minimum Gasteiger partial charge on any atom is -0.456 e. The highest BCUT2D eigenvalue weighted by Crippen LogP contribution is 2.47. The number of furan rings is 1. The Hall–Kier alpha value is -6.58. The normalized spacial score (nSPS) is 11.7. The van der Waals surface area contributed by atoms with Crippen molar-refractivity contribution >= 4 is 71.6 Å². The zero-order valence-electron chi connectivity index (χ0n) is 26.6. The second-order valence-corrected chi connectivity index (χ2v) is 12.6. The van der Waals surface area contributed by atoms with Gasteiger partial charge >= 0.3 is 0 Å². The summed E-state index contributed by atoms with van der Waals surface area (Å²) in [6.45, 7) is 0. The zero-order chi connectivity index (χ0) is 32.3. The van der Waals surface area contributed by atoms with Crippen LogP contribution in [-0.4, -0.2) is 4.57 Å². The summed E-state index contributed by atoms with van der Waals surface area (Å²) in [5.41, 5.74) is 10.8. The highest BCUT2D eigenvalue weighted by molar-refractivity contribution is 6.16. The Labute approximate surface area is 283 Å². The van der Waals surface area contributed by atoms with Crippen LogP contribution in [0.1, 0.15) is 0 Å². The lowest BCUT2D eigenvalue weighted by Gasteiger charge is -2.29. The smallest absolute Gasteiger partial charge is 0.136 e. The molecule has 0 aliphatic heterocycles. The lowest BCUT2D eigenvalue weighted by Crippen LogP contribution is -2.12. The molecule has 2 aromatic heterocycles. The number of nitrogens with zero attached hydrogens (tertiary/aromatic N) is 2. The van der Waals surface area contributed by atoms with E-state index in [4.69, 9.17) is 4.42 Å². The Bertz CT molecular complexity index is 2830. The van der Waals surface area contributed by atoms with Crippen LogP contribution in [0.25, 0.3) is 71.3 Å². The van der Waals surface area contributed by atoms with Gasteiger partial charge in [0.1, 0.15) is 11.2 Å². The third-order valence-corrected chi connectivity index (χ3v) is 9.74. The quantitative estimate of drug-likeness (QED) is 0.190.